The van der Waals surface area contributed by atoms with E-state index in [4.69, 9.17) is 9.47 Å². The van der Waals surface area contributed by atoms with Crippen molar-refractivity contribution in [2.24, 2.45) is 4.99 Å². The van der Waals surface area contributed by atoms with Crippen molar-refractivity contribution in [3.63, 3.8) is 0 Å². The summed E-state index contributed by atoms with van der Waals surface area (Å²) in [5.74, 6) is 0.476. The van der Waals surface area contributed by atoms with Gasteiger partial charge in [0.1, 0.15) is 34.8 Å². The second-order valence-corrected chi connectivity index (χ2v) is 15.0. The van der Waals surface area contributed by atoms with Crippen LogP contribution in [-0.4, -0.2) is 73.3 Å². The molecule has 0 bridgehead atoms. The Morgan fingerprint density at radius 1 is 0.695 bits per heavy atom. The first-order valence-electron chi connectivity index (χ1n) is 17.0. The van der Waals surface area contributed by atoms with Gasteiger partial charge in [-0.1, -0.05) is 24.3 Å². The molecule has 0 spiro atoms. The minimum absolute atomic E-state index is 0. The molecule has 19 heteroatoms. The standard InChI is InChI=1S/C21H20FIN4O3.C19H17FIN3O3.B.Na.H/c1-25(2)13-24-19-11-20(28)26(12-14-4-7-16(30-3)8-5-14)21(29)27(19)18-9-6-15(23)10-17(18)22;1-22-17-10-18(25)23(11-12-3-6-14(27-2)7-4-12)19(26)24(17)16-8-5-13(21)9-15(16)20;;;/h4-11,13H,12H2,1-3H3;3-10,22H,11H2,1-2H3;;;/q;;;+1;-1. The van der Waals surface area contributed by atoms with E-state index < -0.39 is 34.1 Å². The van der Waals surface area contributed by atoms with Gasteiger partial charge in [0, 0.05) is 48.8 Å². The summed E-state index contributed by atoms with van der Waals surface area (Å²) in [5, 5.41) is 2.79. The number of aliphatic imine (C=N–C) groups is 1. The monoisotopic (exact) mass is 1040 g/mol. The molecule has 13 nitrogen and oxygen atoms in total. The summed E-state index contributed by atoms with van der Waals surface area (Å²) in [6, 6.07) is 25.6. The number of anilines is 1. The van der Waals surface area contributed by atoms with Crippen LogP contribution in [0.5, 0.6) is 11.5 Å². The summed E-state index contributed by atoms with van der Waals surface area (Å²) >= 11 is 3.98. The Bertz CT molecular complexity index is 2680. The van der Waals surface area contributed by atoms with Crippen molar-refractivity contribution in [2.75, 3.05) is 40.7 Å². The van der Waals surface area contributed by atoms with E-state index in [1.54, 1.807) is 101 Å². The van der Waals surface area contributed by atoms with Crippen LogP contribution in [0.3, 0.4) is 0 Å². The fourth-order valence-corrected chi connectivity index (χ4v) is 6.41. The molecule has 59 heavy (non-hydrogen) atoms. The number of hydrogen-bond donors (Lipinski definition) is 1. The van der Waals surface area contributed by atoms with Crippen molar-refractivity contribution in [3.8, 4) is 22.9 Å². The maximum absolute atomic E-state index is 14.7. The van der Waals surface area contributed by atoms with E-state index in [0.29, 0.717) is 18.6 Å². The van der Waals surface area contributed by atoms with Gasteiger partial charge in [-0.15, -0.1) is 0 Å². The summed E-state index contributed by atoms with van der Waals surface area (Å²) in [7, 11) is 8.19. The Morgan fingerprint density at radius 2 is 1.12 bits per heavy atom. The normalized spacial score (nSPS) is 10.5. The Balaban J connectivity index is 0.000000396. The first kappa shape index (κ1) is 48.9. The Morgan fingerprint density at radius 3 is 1.53 bits per heavy atom. The predicted octanol–water partition coefficient (Wildman–Crippen LogP) is 2.60. The van der Waals surface area contributed by atoms with Crippen LogP contribution in [0.15, 0.2) is 121 Å². The molecule has 2 heterocycles. The van der Waals surface area contributed by atoms with Gasteiger partial charge in [0.25, 0.3) is 11.1 Å². The third-order valence-electron chi connectivity index (χ3n) is 8.34. The van der Waals surface area contributed by atoms with Crippen molar-refractivity contribution in [1.82, 2.24) is 23.2 Å². The van der Waals surface area contributed by atoms with Crippen LogP contribution in [0.25, 0.3) is 11.4 Å². The molecule has 1 N–H and O–H groups in total. The number of nitrogens with zero attached hydrogens (tertiary/aromatic N) is 6. The van der Waals surface area contributed by atoms with Gasteiger partial charge in [-0.2, -0.15) is 0 Å². The third-order valence-corrected chi connectivity index (χ3v) is 9.68. The molecule has 6 rings (SSSR count). The van der Waals surface area contributed by atoms with Gasteiger partial charge in [-0.05, 0) is 117 Å². The zero-order valence-electron chi connectivity index (χ0n) is 34.0. The predicted molar refractivity (Wildman–Crippen MR) is 240 cm³/mol. The van der Waals surface area contributed by atoms with Crippen LogP contribution in [-0.2, 0) is 13.1 Å². The Labute approximate surface area is 391 Å². The largest absolute Gasteiger partial charge is 1.00 e. The van der Waals surface area contributed by atoms with Gasteiger partial charge in [0.2, 0.25) is 0 Å². The van der Waals surface area contributed by atoms with E-state index in [1.165, 1.54) is 42.7 Å². The summed E-state index contributed by atoms with van der Waals surface area (Å²) in [6.45, 7) is 0.100. The molecule has 0 saturated carbocycles. The van der Waals surface area contributed by atoms with Crippen molar-refractivity contribution in [2.45, 2.75) is 13.1 Å². The maximum Gasteiger partial charge on any atom is 1.00 e. The van der Waals surface area contributed by atoms with Crippen molar-refractivity contribution in [3.05, 3.63) is 169 Å². The van der Waals surface area contributed by atoms with E-state index in [-0.39, 0.29) is 75.5 Å². The molecule has 0 aliphatic carbocycles. The van der Waals surface area contributed by atoms with Gasteiger partial charge in [-0.25, -0.2) is 32.5 Å². The molecule has 6 aromatic rings. The molecule has 4 aromatic carbocycles. The summed E-state index contributed by atoms with van der Waals surface area (Å²) in [4.78, 5) is 57.3. The number of halogens is 4. The van der Waals surface area contributed by atoms with Gasteiger partial charge in [-0.3, -0.25) is 18.7 Å². The molecular formula is C40H38BF2I2N7NaO6. The third kappa shape index (κ3) is 12.1. The van der Waals surface area contributed by atoms with E-state index in [9.17, 15) is 28.0 Å². The fourth-order valence-electron chi connectivity index (χ4n) is 5.50. The number of hydrogen-bond acceptors (Lipinski definition) is 8. The van der Waals surface area contributed by atoms with Crippen LogP contribution >= 0.6 is 45.2 Å². The molecule has 0 unspecified atom stereocenters. The molecule has 0 aliphatic heterocycles. The summed E-state index contributed by atoms with van der Waals surface area (Å²) in [5.41, 5.74) is -0.711. The average Bonchev–Trinajstić information content (AvgIpc) is 3.18. The molecule has 0 fully saturated rings. The summed E-state index contributed by atoms with van der Waals surface area (Å²) < 4.78 is 45.2. The smallest absolute Gasteiger partial charge is 1.00 e. The first-order chi connectivity index (χ1) is 27.2. The molecule has 3 radical (unpaired) electrons. The second kappa shape index (κ2) is 22.2. The number of ether oxygens (including phenoxy) is 2. The fraction of sp³-hybridized carbons (Fsp3) is 0.175. The average molecular weight is 1040 g/mol. The Kier molecular flexibility index (Phi) is 18.4. The molecular weight excluding hydrogens is 1000 g/mol. The number of methoxy groups -OCH3 is 2. The zero-order chi connectivity index (χ0) is 41.4. The quantitative estimate of drug-likeness (QED) is 0.0908. The van der Waals surface area contributed by atoms with Crippen LogP contribution in [0.1, 0.15) is 12.6 Å². The molecule has 0 atom stereocenters. The zero-order valence-corrected chi connectivity index (χ0v) is 39.3. The maximum atomic E-state index is 14.7. The van der Waals surface area contributed by atoms with Gasteiger partial charge in [0.15, 0.2) is 0 Å². The molecule has 0 aliphatic rings. The van der Waals surface area contributed by atoms with E-state index in [2.05, 4.69) is 10.3 Å². The van der Waals surface area contributed by atoms with Crippen LogP contribution in [0, 0.1) is 18.8 Å². The van der Waals surface area contributed by atoms with E-state index in [1.807, 2.05) is 45.2 Å². The molecule has 0 amide bonds. The topological polar surface area (TPSA) is 134 Å². The minimum atomic E-state index is -0.677. The van der Waals surface area contributed by atoms with Crippen molar-refractivity contribution < 1.29 is 49.2 Å². The number of nitrogens with one attached hydrogen (secondary N) is 1. The van der Waals surface area contributed by atoms with Gasteiger partial charge in [0.05, 0.1) is 45.0 Å². The van der Waals surface area contributed by atoms with Gasteiger partial charge < -0.3 is 21.1 Å². The van der Waals surface area contributed by atoms with Gasteiger partial charge >= 0.3 is 40.9 Å². The number of benzene rings is 4. The number of aromatic nitrogens is 4. The van der Waals surface area contributed by atoms with Crippen molar-refractivity contribution in [1.29, 1.82) is 0 Å². The number of rotatable bonds is 11. The van der Waals surface area contributed by atoms with E-state index >= 15 is 0 Å². The Hall–Kier alpha value is -4.51. The van der Waals surface area contributed by atoms with Crippen molar-refractivity contribution >= 4 is 71.6 Å². The van der Waals surface area contributed by atoms with Crippen LogP contribution < -0.4 is 66.8 Å². The van der Waals surface area contributed by atoms with E-state index in [0.717, 1.165) is 29.4 Å². The second-order valence-electron chi connectivity index (χ2n) is 12.5. The molecule has 301 valence electrons. The SMILES string of the molecule is CNc1cc(=O)n(Cc2ccc(OC)cc2)c(=O)n1-c1ccc(I)cc1F.COc1ccc(Cn2c(=O)cc(N=CN(C)C)n(-c3ccc(I)cc3F)c2=O)cc1.[B].[H-].[Na+]. The minimum Gasteiger partial charge on any atom is -1.00 e. The van der Waals surface area contributed by atoms with Crippen LogP contribution in [0.4, 0.5) is 20.4 Å². The molecule has 0 saturated heterocycles. The first-order valence-corrected chi connectivity index (χ1v) is 19.2. The molecule has 2 aromatic heterocycles. The summed E-state index contributed by atoms with van der Waals surface area (Å²) in [6.07, 6.45) is 1.45. The van der Waals surface area contributed by atoms with Crippen LogP contribution in [0.2, 0.25) is 0 Å².